The lowest BCUT2D eigenvalue weighted by molar-refractivity contribution is -0.119. The van der Waals surface area contributed by atoms with Gasteiger partial charge in [0.05, 0.1) is 17.7 Å². The second kappa shape index (κ2) is 6.87. The number of nitrogens with two attached hydrogens (primary N) is 1. The van der Waals surface area contributed by atoms with Crippen LogP contribution < -0.4 is 11.1 Å². The number of anilines is 1. The van der Waals surface area contributed by atoms with Crippen molar-refractivity contribution in [1.82, 2.24) is 15.3 Å². The highest BCUT2D eigenvalue weighted by Crippen LogP contribution is 2.26. The topological polar surface area (TPSA) is 90.1 Å². The standard InChI is InChI=1S/C12H16N4O2S2/c1-7(5-18-2)14-9(17)6-20-12-15-10(13)8-3-4-19-11(8)16-12/h3-4,7H,5-6H2,1-2H3,(H,14,17)(H2,13,15,16)/t7-/m0/s1. The fraction of sp³-hybridized carbons (Fsp3) is 0.417. The van der Waals surface area contributed by atoms with Crippen LogP contribution in [0.25, 0.3) is 10.2 Å². The molecule has 0 saturated heterocycles. The highest BCUT2D eigenvalue weighted by Gasteiger charge is 2.11. The van der Waals surface area contributed by atoms with E-state index in [0.717, 1.165) is 10.2 Å². The molecule has 0 aromatic carbocycles. The molecule has 2 heterocycles. The second-order valence-electron chi connectivity index (χ2n) is 4.24. The molecule has 0 aliphatic carbocycles. The molecule has 0 unspecified atom stereocenters. The summed E-state index contributed by atoms with van der Waals surface area (Å²) in [6.07, 6.45) is 0. The van der Waals surface area contributed by atoms with Gasteiger partial charge in [-0.05, 0) is 18.4 Å². The minimum atomic E-state index is -0.0759. The van der Waals surface area contributed by atoms with Gasteiger partial charge in [0, 0.05) is 13.2 Å². The first-order valence-corrected chi connectivity index (χ1v) is 7.88. The maximum Gasteiger partial charge on any atom is 0.230 e. The molecule has 1 amide bonds. The predicted octanol–water partition coefficient (Wildman–Crippen LogP) is 1.52. The summed E-state index contributed by atoms with van der Waals surface area (Å²) in [7, 11) is 1.60. The Morgan fingerprint density at radius 1 is 1.60 bits per heavy atom. The van der Waals surface area contributed by atoms with Gasteiger partial charge in [-0.15, -0.1) is 11.3 Å². The highest BCUT2D eigenvalue weighted by molar-refractivity contribution is 7.99. The third kappa shape index (κ3) is 3.81. The molecule has 20 heavy (non-hydrogen) atoms. The quantitative estimate of drug-likeness (QED) is 0.621. The van der Waals surface area contributed by atoms with Crippen molar-refractivity contribution < 1.29 is 9.53 Å². The van der Waals surface area contributed by atoms with E-state index in [9.17, 15) is 4.79 Å². The van der Waals surface area contributed by atoms with E-state index < -0.39 is 0 Å². The molecule has 0 radical (unpaired) electrons. The molecular weight excluding hydrogens is 296 g/mol. The number of nitrogens with one attached hydrogen (secondary N) is 1. The van der Waals surface area contributed by atoms with Crippen LogP contribution in [0.2, 0.25) is 0 Å². The number of nitrogen functional groups attached to an aromatic ring is 1. The van der Waals surface area contributed by atoms with Crippen molar-refractivity contribution in [2.75, 3.05) is 25.2 Å². The summed E-state index contributed by atoms with van der Waals surface area (Å²) >= 11 is 2.78. The molecule has 0 saturated carbocycles. The van der Waals surface area contributed by atoms with Crippen molar-refractivity contribution in [3.63, 3.8) is 0 Å². The number of ether oxygens (including phenoxy) is 1. The van der Waals surface area contributed by atoms with E-state index in [-0.39, 0.29) is 17.7 Å². The molecular formula is C12H16N4O2S2. The van der Waals surface area contributed by atoms with E-state index >= 15 is 0 Å². The predicted molar refractivity (Wildman–Crippen MR) is 82.0 cm³/mol. The Labute approximate surface area is 125 Å². The maximum absolute atomic E-state index is 11.7. The molecule has 3 N–H and O–H groups in total. The summed E-state index contributed by atoms with van der Waals surface area (Å²) in [5.41, 5.74) is 5.85. The average Bonchev–Trinajstić information content (AvgIpc) is 2.85. The first-order valence-electron chi connectivity index (χ1n) is 6.02. The molecule has 1 atom stereocenters. The lowest BCUT2D eigenvalue weighted by Crippen LogP contribution is -2.36. The van der Waals surface area contributed by atoms with E-state index in [1.807, 2.05) is 18.4 Å². The third-order valence-electron chi connectivity index (χ3n) is 2.49. The summed E-state index contributed by atoms with van der Waals surface area (Å²) in [6, 6.07) is 1.88. The van der Waals surface area contributed by atoms with Gasteiger partial charge < -0.3 is 15.8 Å². The van der Waals surface area contributed by atoms with Crippen molar-refractivity contribution in [3.8, 4) is 0 Å². The summed E-state index contributed by atoms with van der Waals surface area (Å²) in [6.45, 7) is 2.37. The minimum Gasteiger partial charge on any atom is -0.383 e. The van der Waals surface area contributed by atoms with E-state index in [1.165, 1.54) is 23.1 Å². The zero-order valence-corrected chi connectivity index (χ0v) is 12.9. The normalized spacial score (nSPS) is 12.5. The van der Waals surface area contributed by atoms with Gasteiger partial charge in [-0.2, -0.15) is 0 Å². The SMILES string of the molecule is COC[C@H](C)NC(=O)CSc1nc(N)c2ccsc2n1. The van der Waals surface area contributed by atoms with Crippen molar-refractivity contribution >= 4 is 45.0 Å². The smallest absolute Gasteiger partial charge is 0.230 e. The molecule has 0 spiro atoms. The van der Waals surface area contributed by atoms with E-state index in [4.69, 9.17) is 10.5 Å². The molecule has 0 bridgehead atoms. The van der Waals surface area contributed by atoms with Crippen molar-refractivity contribution in [1.29, 1.82) is 0 Å². The van der Waals surface area contributed by atoms with Crippen LogP contribution in [0.15, 0.2) is 16.6 Å². The van der Waals surface area contributed by atoms with Gasteiger partial charge in [-0.1, -0.05) is 11.8 Å². The number of fused-ring (bicyclic) bond motifs is 1. The van der Waals surface area contributed by atoms with Gasteiger partial charge in [-0.25, -0.2) is 9.97 Å². The Kier molecular flexibility index (Phi) is 5.16. The Morgan fingerprint density at radius 2 is 2.40 bits per heavy atom. The molecule has 2 aromatic heterocycles. The fourth-order valence-electron chi connectivity index (χ4n) is 1.66. The molecule has 0 aliphatic heterocycles. The molecule has 0 aliphatic rings. The third-order valence-corrected chi connectivity index (χ3v) is 4.14. The number of thiophene rings is 1. The number of thioether (sulfide) groups is 1. The Bertz CT molecular complexity index is 602. The number of carbonyl (C=O) groups excluding carboxylic acids is 1. The van der Waals surface area contributed by atoms with Crippen LogP contribution in [-0.2, 0) is 9.53 Å². The lowest BCUT2D eigenvalue weighted by atomic mass is 10.3. The number of aromatic nitrogens is 2. The monoisotopic (exact) mass is 312 g/mol. The number of hydrogen-bond acceptors (Lipinski definition) is 7. The second-order valence-corrected chi connectivity index (χ2v) is 6.08. The molecule has 2 rings (SSSR count). The van der Waals surface area contributed by atoms with Gasteiger partial charge in [-0.3, -0.25) is 4.79 Å². The summed E-state index contributed by atoms with van der Waals surface area (Å²) < 4.78 is 4.96. The summed E-state index contributed by atoms with van der Waals surface area (Å²) in [4.78, 5) is 21.1. The van der Waals surface area contributed by atoms with Crippen LogP contribution in [0.3, 0.4) is 0 Å². The van der Waals surface area contributed by atoms with Crippen molar-refractivity contribution in [3.05, 3.63) is 11.4 Å². The summed E-state index contributed by atoms with van der Waals surface area (Å²) in [5.74, 6) is 0.629. The van der Waals surface area contributed by atoms with E-state index in [2.05, 4.69) is 15.3 Å². The Morgan fingerprint density at radius 3 is 3.15 bits per heavy atom. The first-order chi connectivity index (χ1) is 9.60. The maximum atomic E-state index is 11.7. The molecule has 0 fully saturated rings. The van der Waals surface area contributed by atoms with Crippen LogP contribution in [0.5, 0.6) is 0 Å². The number of rotatable bonds is 6. The number of carbonyl (C=O) groups is 1. The molecule has 8 heteroatoms. The highest BCUT2D eigenvalue weighted by atomic mass is 32.2. The Hall–Kier alpha value is -1.38. The van der Waals surface area contributed by atoms with Crippen LogP contribution in [0, 0.1) is 0 Å². The fourth-order valence-corrected chi connectivity index (χ4v) is 3.15. The average molecular weight is 312 g/mol. The van der Waals surface area contributed by atoms with Gasteiger partial charge in [0.15, 0.2) is 5.16 Å². The van der Waals surface area contributed by atoms with Crippen LogP contribution >= 0.6 is 23.1 Å². The van der Waals surface area contributed by atoms with Gasteiger partial charge in [0.2, 0.25) is 5.91 Å². The Balaban J connectivity index is 1.93. The van der Waals surface area contributed by atoms with Crippen molar-refractivity contribution in [2.24, 2.45) is 0 Å². The van der Waals surface area contributed by atoms with Gasteiger partial charge in [0.1, 0.15) is 10.6 Å². The molecule has 108 valence electrons. The number of nitrogens with zero attached hydrogens (tertiary/aromatic N) is 2. The number of amides is 1. The summed E-state index contributed by atoms with van der Waals surface area (Å²) in [5, 5.41) is 6.13. The molecule has 6 nitrogen and oxygen atoms in total. The largest absolute Gasteiger partial charge is 0.383 e. The zero-order valence-electron chi connectivity index (χ0n) is 11.3. The van der Waals surface area contributed by atoms with Crippen LogP contribution in [0.1, 0.15) is 6.92 Å². The van der Waals surface area contributed by atoms with E-state index in [1.54, 1.807) is 7.11 Å². The molecule has 2 aromatic rings. The minimum absolute atomic E-state index is 0.0149. The van der Waals surface area contributed by atoms with Gasteiger partial charge >= 0.3 is 0 Å². The van der Waals surface area contributed by atoms with Crippen molar-refractivity contribution in [2.45, 2.75) is 18.1 Å². The number of hydrogen-bond donors (Lipinski definition) is 2. The zero-order chi connectivity index (χ0) is 14.5. The first kappa shape index (κ1) is 15.0. The van der Waals surface area contributed by atoms with Gasteiger partial charge in [0.25, 0.3) is 0 Å². The van der Waals surface area contributed by atoms with E-state index in [0.29, 0.717) is 17.6 Å². The number of methoxy groups -OCH3 is 1. The lowest BCUT2D eigenvalue weighted by Gasteiger charge is -2.12. The van der Waals surface area contributed by atoms with Crippen LogP contribution in [-0.4, -0.2) is 41.4 Å². The van der Waals surface area contributed by atoms with Crippen LogP contribution in [0.4, 0.5) is 5.82 Å².